The van der Waals surface area contributed by atoms with Crippen LogP contribution in [-0.2, 0) is 14.3 Å². The van der Waals surface area contributed by atoms with Gasteiger partial charge >= 0.3 is 5.97 Å². The lowest BCUT2D eigenvalue weighted by molar-refractivity contribution is -0.141. The predicted molar refractivity (Wildman–Crippen MR) is 113 cm³/mol. The maximum Gasteiger partial charge on any atom is 0.305 e. The van der Waals surface area contributed by atoms with Crippen molar-refractivity contribution in [3.8, 4) is 11.5 Å². The highest BCUT2D eigenvalue weighted by Crippen LogP contribution is 2.39. The molecule has 0 spiro atoms. The molecule has 146 valence electrons. The Hall–Kier alpha value is -1.58. The van der Waals surface area contributed by atoms with Crippen molar-refractivity contribution in [1.29, 1.82) is 0 Å². The minimum Gasteiger partial charge on any atom is -0.493 e. The lowest BCUT2D eigenvalue weighted by Gasteiger charge is -2.13. The summed E-state index contributed by atoms with van der Waals surface area (Å²) in [7, 11) is 2.91. The topological polar surface area (TPSA) is 65.1 Å². The number of methoxy groups -OCH3 is 2. The average Bonchev–Trinajstić information content (AvgIpc) is 2.90. The van der Waals surface area contributed by atoms with Crippen molar-refractivity contribution in [2.45, 2.75) is 19.8 Å². The number of halogens is 1. The van der Waals surface area contributed by atoms with E-state index in [1.165, 1.54) is 23.8 Å². The van der Waals surface area contributed by atoms with Crippen molar-refractivity contribution in [2.75, 3.05) is 27.4 Å². The molecule has 1 aliphatic heterocycles. The molecular weight excluding hydrogens is 454 g/mol. The molecule has 0 radical (unpaired) electrons. The van der Waals surface area contributed by atoms with Gasteiger partial charge in [-0.1, -0.05) is 24.0 Å². The van der Waals surface area contributed by atoms with E-state index in [0.29, 0.717) is 40.3 Å². The largest absolute Gasteiger partial charge is 0.493 e. The molecule has 27 heavy (non-hydrogen) atoms. The number of thioether (sulfide) groups is 1. The van der Waals surface area contributed by atoms with Crippen LogP contribution in [0, 0.1) is 0 Å². The molecule has 0 N–H and O–H groups in total. The molecule has 1 aromatic rings. The maximum absolute atomic E-state index is 12.6. The monoisotopic (exact) mass is 473 g/mol. The number of rotatable bonds is 8. The number of esters is 1. The van der Waals surface area contributed by atoms with Crippen LogP contribution in [-0.4, -0.2) is 48.5 Å². The number of carbonyl (C=O) groups is 2. The van der Waals surface area contributed by atoms with Gasteiger partial charge in [0, 0.05) is 13.0 Å². The lowest BCUT2D eigenvalue weighted by Crippen LogP contribution is -2.29. The Bertz CT molecular complexity index is 781. The first-order valence-corrected chi connectivity index (χ1v) is 10.3. The number of hydrogen-bond acceptors (Lipinski definition) is 7. The van der Waals surface area contributed by atoms with Crippen LogP contribution in [0.1, 0.15) is 25.3 Å². The van der Waals surface area contributed by atoms with E-state index in [2.05, 4.69) is 20.7 Å². The van der Waals surface area contributed by atoms with Gasteiger partial charge in [0.15, 0.2) is 11.5 Å². The third-order valence-corrected chi connectivity index (χ3v) is 5.67. The van der Waals surface area contributed by atoms with Crippen molar-refractivity contribution in [1.82, 2.24) is 4.90 Å². The number of benzene rings is 1. The normalized spacial score (nSPS) is 15.4. The minimum atomic E-state index is -0.303. The summed E-state index contributed by atoms with van der Waals surface area (Å²) in [5.41, 5.74) is 0.789. The van der Waals surface area contributed by atoms with Gasteiger partial charge in [-0.05, 0) is 53.0 Å². The SMILES string of the molecule is CCOc1c(Br)cc(/C=C2\SC(=S)N(CCCC(=O)OC)C2=O)cc1OC. The molecule has 1 heterocycles. The molecule has 1 aliphatic rings. The van der Waals surface area contributed by atoms with Crippen LogP contribution in [0.4, 0.5) is 0 Å². The first-order chi connectivity index (χ1) is 12.9. The van der Waals surface area contributed by atoms with Gasteiger partial charge in [0.05, 0.1) is 30.2 Å². The summed E-state index contributed by atoms with van der Waals surface area (Å²) in [6.45, 7) is 2.79. The van der Waals surface area contributed by atoms with Crippen LogP contribution < -0.4 is 9.47 Å². The molecule has 0 unspecified atom stereocenters. The fourth-order valence-electron chi connectivity index (χ4n) is 2.44. The van der Waals surface area contributed by atoms with E-state index < -0.39 is 0 Å². The predicted octanol–water partition coefficient (Wildman–Crippen LogP) is 4.01. The second kappa shape index (κ2) is 10.1. The van der Waals surface area contributed by atoms with E-state index in [0.717, 1.165) is 10.0 Å². The van der Waals surface area contributed by atoms with E-state index >= 15 is 0 Å². The zero-order chi connectivity index (χ0) is 20.0. The first kappa shape index (κ1) is 21.7. The fourth-order valence-corrected chi connectivity index (χ4v) is 4.32. The van der Waals surface area contributed by atoms with Crippen molar-refractivity contribution < 1.29 is 23.8 Å². The Morgan fingerprint density at radius 2 is 2.11 bits per heavy atom. The Labute approximate surface area is 176 Å². The quantitative estimate of drug-likeness (QED) is 0.321. The van der Waals surface area contributed by atoms with Crippen LogP contribution in [0.3, 0.4) is 0 Å². The van der Waals surface area contributed by atoms with Crippen molar-refractivity contribution in [3.05, 3.63) is 27.1 Å². The van der Waals surface area contributed by atoms with Gasteiger partial charge < -0.3 is 14.2 Å². The molecule has 0 aromatic heterocycles. The number of ether oxygens (including phenoxy) is 3. The summed E-state index contributed by atoms with van der Waals surface area (Å²) >= 11 is 10.0. The highest BCUT2D eigenvalue weighted by molar-refractivity contribution is 9.10. The highest BCUT2D eigenvalue weighted by atomic mass is 79.9. The standard InChI is InChI=1S/C18H20BrNO5S2/c1-4-25-16-12(19)8-11(9-13(16)23-2)10-14-17(22)20(18(26)27-14)7-5-6-15(21)24-3/h8-10H,4-7H2,1-3H3/b14-10-. The van der Waals surface area contributed by atoms with Gasteiger partial charge in [-0.3, -0.25) is 14.5 Å². The Kier molecular flexibility index (Phi) is 8.12. The van der Waals surface area contributed by atoms with E-state index in [1.807, 2.05) is 13.0 Å². The van der Waals surface area contributed by atoms with Crippen LogP contribution >= 0.6 is 39.9 Å². The molecule has 1 saturated heterocycles. The molecule has 9 heteroatoms. The summed E-state index contributed by atoms with van der Waals surface area (Å²) in [5, 5.41) is 0. The van der Waals surface area contributed by atoms with Crippen LogP contribution in [0.5, 0.6) is 11.5 Å². The first-order valence-electron chi connectivity index (χ1n) is 8.23. The molecule has 0 aliphatic carbocycles. The number of amides is 1. The van der Waals surface area contributed by atoms with Gasteiger partial charge in [0.1, 0.15) is 4.32 Å². The molecule has 1 fully saturated rings. The average molecular weight is 474 g/mol. The fraction of sp³-hybridized carbons (Fsp3) is 0.389. The smallest absolute Gasteiger partial charge is 0.305 e. The highest BCUT2D eigenvalue weighted by Gasteiger charge is 2.31. The van der Waals surface area contributed by atoms with Gasteiger partial charge in [0.25, 0.3) is 5.91 Å². The number of hydrogen-bond donors (Lipinski definition) is 0. The van der Waals surface area contributed by atoms with Crippen LogP contribution in [0.15, 0.2) is 21.5 Å². The van der Waals surface area contributed by atoms with Crippen LogP contribution in [0.2, 0.25) is 0 Å². The third kappa shape index (κ3) is 5.46. The molecule has 1 amide bonds. The van der Waals surface area contributed by atoms with E-state index in [9.17, 15) is 9.59 Å². The molecule has 0 atom stereocenters. The summed E-state index contributed by atoms with van der Waals surface area (Å²) < 4.78 is 16.8. The molecule has 1 aromatic carbocycles. The van der Waals surface area contributed by atoms with Crippen molar-refractivity contribution >= 4 is 62.2 Å². The zero-order valence-corrected chi connectivity index (χ0v) is 18.5. The number of nitrogens with zero attached hydrogens (tertiary/aromatic N) is 1. The number of thiocarbonyl (C=S) groups is 1. The van der Waals surface area contributed by atoms with Gasteiger partial charge in [-0.2, -0.15) is 0 Å². The third-order valence-electron chi connectivity index (χ3n) is 3.70. The zero-order valence-electron chi connectivity index (χ0n) is 15.2. The second-order valence-electron chi connectivity index (χ2n) is 5.48. The van der Waals surface area contributed by atoms with E-state index in [1.54, 1.807) is 19.3 Å². The molecule has 0 bridgehead atoms. The van der Waals surface area contributed by atoms with Crippen LogP contribution in [0.25, 0.3) is 6.08 Å². The van der Waals surface area contributed by atoms with Crippen molar-refractivity contribution in [3.63, 3.8) is 0 Å². The lowest BCUT2D eigenvalue weighted by atomic mass is 10.2. The summed E-state index contributed by atoms with van der Waals surface area (Å²) in [5.74, 6) is 0.722. The Balaban J connectivity index is 2.17. The molecule has 2 rings (SSSR count). The minimum absolute atomic E-state index is 0.168. The Morgan fingerprint density at radius 1 is 1.37 bits per heavy atom. The second-order valence-corrected chi connectivity index (χ2v) is 8.01. The maximum atomic E-state index is 12.6. The molecule has 6 nitrogen and oxygen atoms in total. The Morgan fingerprint density at radius 3 is 2.74 bits per heavy atom. The van der Waals surface area contributed by atoms with Gasteiger partial charge in [-0.15, -0.1) is 0 Å². The summed E-state index contributed by atoms with van der Waals surface area (Å²) in [4.78, 5) is 25.9. The summed E-state index contributed by atoms with van der Waals surface area (Å²) in [6.07, 6.45) is 2.51. The van der Waals surface area contributed by atoms with Gasteiger partial charge in [0.2, 0.25) is 0 Å². The molecular formula is C18H20BrNO5S2. The molecule has 0 saturated carbocycles. The van der Waals surface area contributed by atoms with E-state index in [4.69, 9.17) is 21.7 Å². The van der Waals surface area contributed by atoms with Crippen molar-refractivity contribution in [2.24, 2.45) is 0 Å². The van der Waals surface area contributed by atoms with Gasteiger partial charge in [-0.25, -0.2) is 0 Å². The van der Waals surface area contributed by atoms with E-state index in [-0.39, 0.29) is 18.3 Å². The number of carbonyl (C=O) groups excluding carboxylic acids is 2. The summed E-state index contributed by atoms with van der Waals surface area (Å²) in [6, 6.07) is 3.66.